The van der Waals surface area contributed by atoms with Crippen LogP contribution in [0.5, 0.6) is 11.5 Å². The standard InChI is InChI=1S/C25H21F2N5O3/c1-34-21-8-3-14(11-22(21)35-2)17-6-5-16(13-18(17)23-29-31-32-30-23)28-24(33)25(9-10-25)19-12-15(26)4-7-20(19)27/h3-8,11-13H,9-10H2,1-2H3,(H,28,33)(H,29,30,31,32). The Morgan fingerprint density at radius 2 is 1.77 bits per heavy atom. The normalized spacial score (nSPS) is 13.8. The van der Waals surface area contributed by atoms with Crippen molar-refractivity contribution in [3.63, 3.8) is 0 Å². The van der Waals surface area contributed by atoms with E-state index in [-0.39, 0.29) is 5.56 Å². The number of nitrogens with zero attached hydrogens (tertiary/aromatic N) is 3. The molecule has 3 aromatic carbocycles. The van der Waals surface area contributed by atoms with E-state index in [1.807, 2.05) is 18.2 Å². The minimum atomic E-state index is -1.10. The van der Waals surface area contributed by atoms with E-state index in [1.165, 1.54) is 0 Å². The van der Waals surface area contributed by atoms with Crippen LogP contribution in [-0.4, -0.2) is 40.8 Å². The Kier molecular flexibility index (Phi) is 5.64. The maximum Gasteiger partial charge on any atom is 0.235 e. The zero-order chi connectivity index (χ0) is 24.6. The number of anilines is 1. The first-order valence-corrected chi connectivity index (χ1v) is 10.8. The third kappa shape index (κ3) is 4.07. The van der Waals surface area contributed by atoms with Gasteiger partial charge in [-0.3, -0.25) is 4.79 Å². The van der Waals surface area contributed by atoms with Gasteiger partial charge in [0.25, 0.3) is 0 Å². The molecule has 1 fully saturated rings. The molecule has 35 heavy (non-hydrogen) atoms. The highest BCUT2D eigenvalue weighted by atomic mass is 19.1. The molecule has 0 unspecified atom stereocenters. The van der Waals surface area contributed by atoms with Gasteiger partial charge in [0.1, 0.15) is 11.6 Å². The van der Waals surface area contributed by atoms with Crippen molar-refractivity contribution >= 4 is 11.6 Å². The lowest BCUT2D eigenvalue weighted by Crippen LogP contribution is -2.29. The van der Waals surface area contributed by atoms with E-state index in [9.17, 15) is 13.6 Å². The fourth-order valence-corrected chi connectivity index (χ4v) is 4.21. The summed E-state index contributed by atoms with van der Waals surface area (Å²) < 4.78 is 38.9. The highest BCUT2D eigenvalue weighted by molar-refractivity contribution is 6.02. The van der Waals surface area contributed by atoms with Gasteiger partial charge in [-0.1, -0.05) is 12.1 Å². The second kappa shape index (κ2) is 8.79. The lowest BCUT2D eigenvalue weighted by atomic mass is 9.93. The molecule has 0 spiro atoms. The molecular formula is C25H21F2N5O3. The van der Waals surface area contributed by atoms with E-state index in [0.717, 1.165) is 29.3 Å². The molecule has 0 bridgehead atoms. The predicted octanol–water partition coefficient (Wildman–Crippen LogP) is 4.50. The molecule has 1 aromatic heterocycles. The Labute approximate surface area is 199 Å². The van der Waals surface area contributed by atoms with Crippen LogP contribution < -0.4 is 14.8 Å². The molecule has 0 radical (unpaired) electrons. The molecule has 1 aliphatic carbocycles. The first-order valence-electron chi connectivity index (χ1n) is 10.8. The third-order valence-electron chi connectivity index (χ3n) is 6.20. The summed E-state index contributed by atoms with van der Waals surface area (Å²) in [6.45, 7) is 0. The van der Waals surface area contributed by atoms with Gasteiger partial charge in [0.2, 0.25) is 5.91 Å². The summed E-state index contributed by atoms with van der Waals surface area (Å²) in [6.07, 6.45) is 0.865. The van der Waals surface area contributed by atoms with Crippen molar-refractivity contribution < 1.29 is 23.0 Å². The smallest absolute Gasteiger partial charge is 0.235 e. The van der Waals surface area contributed by atoms with E-state index in [4.69, 9.17) is 9.47 Å². The van der Waals surface area contributed by atoms with Gasteiger partial charge in [-0.25, -0.2) is 13.9 Å². The maximum absolute atomic E-state index is 14.4. The summed E-state index contributed by atoms with van der Waals surface area (Å²) in [5.41, 5.74) is 1.65. The van der Waals surface area contributed by atoms with Crippen LogP contribution in [0.25, 0.3) is 22.5 Å². The second-order valence-corrected chi connectivity index (χ2v) is 8.24. The van der Waals surface area contributed by atoms with E-state index in [1.54, 1.807) is 32.4 Å². The van der Waals surface area contributed by atoms with E-state index in [2.05, 4.69) is 25.9 Å². The summed E-state index contributed by atoms with van der Waals surface area (Å²) in [5, 5.41) is 16.9. The summed E-state index contributed by atoms with van der Waals surface area (Å²) in [7, 11) is 3.11. The highest BCUT2D eigenvalue weighted by Gasteiger charge is 2.53. The lowest BCUT2D eigenvalue weighted by Gasteiger charge is -2.18. The number of hydrogen-bond acceptors (Lipinski definition) is 6. The molecule has 2 N–H and O–H groups in total. The molecule has 0 saturated heterocycles. The number of tetrazole rings is 1. The van der Waals surface area contributed by atoms with Crippen LogP contribution in [0.2, 0.25) is 0 Å². The predicted molar refractivity (Wildman–Crippen MR) is 124 cm³/mol. The van der Waals surface area contributed by atoms with Crippen molar-refractivity contribution in [2.75, 3.05) is 19.5 Å². The summed E-state index contributed by atoms with van der Waals surface area (Å²) >= 11 is 0. The lowest BCUT2D eigenvalue weighted by molar-refractivity contribution is -0.118. The molecule has 4 aromatic rings. The molecule has 8 nitrogen and oxygen atoms in total. The number of rotatable bonds is 7. The SMILES string of the molecule is COc1ccc(-c2ccc(NC(=O)C3(c4cc(F)ccc4F)CC3)cc2-c2nnn[nH]2)cc1OC. The molecule has 1 aliphatic rings. The van der Waals surface area contributed by atoms with Crippen molar-refractivity contribution in [2.45, 2.75) is 18.3 Å². The second-order valence-electron chi connectivity index (χ2n) is 8.24. The number of halogens is 2. The topological polar surface area (TPSA) is 102 Å². The Morgan fingerprint density at radius 1 is 0.971 bits per heavy atom. The molecule has 0 atom stereocenters. The van der Waals surface area contributed by atoms with Crippen molar-refractivity contribution in [1.82, 2.24) is 20.6 Å². The minimum Gasteiger partial charge on any atom is -0.493 e. The monoisotopic (exact) mass is 477 g/mol. The average molecular weight is 477 g/mol. The van der Waals surface area contributed by atoms with Crippen LogP contribution in [0.3, 0.4) is 0 Å². The Morgan fingerprint density at radius 3 is 2.46 bits per heavy atom. The molecule has 1 amide bonds. The van der Waals surface area contributed by atoms with E-state index >= 15 is 0 Å². The van der Waals surface area contributed by atoms with Crippen LogP contribution in [0.1, 0.15) is 18.4 Å². The minimum absolute atomic E-state index is 0.0663. The van der Waals surface area contributed by atoms with Crippen molar-refractivity contribution in [2.24, 2.45) is 0 Å². The quantitative estimate of drug-likeness (QED) is 0.406. The van der Waals surface area contributed by atoms with Crippen molar-refractivity contribution in [3.05, 3.63) is 71.8 Å². The first-order chi connectivity index (χ1) is 16.9. The molecule has 1 saturated carbocycles. The van der Waals surface area contributed by atoms with Crippen LogP contribution in [0.15, 0.2) is 54.6 Å². The van der Waals surface area contributed by atoms with Gasteiger partial charge in [0.15, 0.2) is 17.3 Å². The molecular weight excluding hydrogens is 456 g/mol. The highest BCUT2D eigenvalue weighted by Crippen LogP contribution is 2.50. The number of amides is 1. The van der Waals surface area contributed by atoms with Gasteiger partial charge >= 0.3 is 0 Å². The van der Waals surface area contributed by atoms with Gasteiger partial charge < -0.3 is 14.8 Å². The van der Waals surface area contributed by atoms with Crippen LogP contribution >= 0.6 is 0 Å². The number of nitrogens with one attached hydrogen (secondary N) is 2. The van der Waals surface area contributed by atoms with Gasteiger partial charge in [-0.15, -0.1) is 5.10 Å². The van der Waals surface area contributed by atoms with Gasteiger partial charge in [0.05, 0.1) is 19.6 Å². The number of methoxy groups -OCH3 is 2. The van der Waals surface area contributed by atoms with E-state index < -0.39 is 23.0 Å². The zero-order valence-corrected chi connectivity index (χ0v) is 18.9. The maximum atomic E-state index is 14.4. The molecule has 0 aliphatic heterocycles. The fourth-order valence-electron chi connectivity index (χ4n) is 4.21. The van der Waals surface area contributed by atoms with Gasteiger partial charge in [-0.2, -0.15) is 0 Å². The van der Waals surface area contributed by atoms with Crippen LogP contribution in [0.4, 0.5) is 14.5 Å². The number of ether oxygens (including phenoxy) is 2. The summed E-state index contributed by atoms with van der Waals surface area (Å²) in [6, 6.07) is 13.9. The molecule has 10 heteroatoms. The van der Waals surface area contributed by atoms with E-state index in [0.29, 0.717) is 41.4 Å². The number of carbonyl (C=O) groups excluding carboxylic acids is 1. The Hall–Kier alpha value is -4.34. The molecule has 1 heterocycles. The Balaban J connectivity index is 1.51. The van der Waals surface area contributed by atoms with Gasteiger partial charge in [0, 0.05) is 16.8 Å². The van der Waals surface area contributed by atoms with Crippen molar-refractivity contribution in [1.29, 1.82) is 0 Å². The largest absolute Gasteiger partial charge is 0.493 e. The number of benzene rings is 3. The van der Waals surface area contributed by atoms with Crippen molar-refractivity contribution in [3.8, 4) is 34.0 Å². The van der Waals surface area contributed by atoms with Crippen LogP contribution in [0, 0.1) is 11.6 Å². The number of aromatic nitrogens is 4. The fraction of sp³-hybridized carbons (Fsp3) is 0.200. The van der Waals surface area contributed by atoms with Crippen LogP contribution in [-0.2, 0) is 10.2 Å². The number of hydrogen-bond donors (Lipinski definition) is 2. The number of carbonyl (C=O) groups is 1. The molecule has 5 rings (SSSR count). The summed E-state index contributed by atoms with van der Waals surface area (Å²) in [4.78, 5) is 13.2. The first kappa shape index (κ1) is 22.5. The zero-order valence-electron chi connectivity index (χ0n) is 18.9. The Bertz CT molecular complexity index is 1400. The number of aromatic amines is 1. The third-order valence-corrected chi connectivity index (χ3v) is 6.20. The average Bonchev–Trinajstić information content (AvgIpc) is 3.50. The number of H-pyrrole nitrogens is 1. The summed E-state index contributed by atoms with van der Waals surface area (Å²) in [5.74, 6) is -0.0546. The van der Waals surface area contributed by atoms with Gasteiger partial charge in [-0.05, 0) is 76.9 Å². The molecule has 178 valence electrons.